The van der Waals surface area contributed by atoms with E-state index in [1.807, 2.05) is 6.07 Å². The third-order valence-corrected chi connectivity index (χ3v) is 4.22. The van der Waals surface area contributed by atoms with Crippen molar-refractivity contribution in [3.05, 3.63) is 53.0 Å². The van der Waals surface area contributed by atoms with Gasteiger partial charge < -0.3 is 15.5 Å². The molecule has 2 aromatic carbocycles. The van der Waals surface area contributed by atoms with E-state index in [2.05, 4.69) is 68.2 Å². The number of anilines is 3. The molecule has 0 bridgehead atoms. The van der Waals surface area contributed by atoms with Gasteiger partial charge in [-0.15, -0.1) is 0 Å². The lowest BCUT2D eigenvalue weighted by atomic mass is 10.2. The van der Waals surface area contributed by atoms with E-state index in [-0.39, 0.29) is 0 Å². The molecule has 0 radical (unpaired) electrons. The van der Waals surface area contributed by atoms with Crippen LogP contribution in [0.1, 0.15) is 0 Å². The van der Waals surface area contributed by atoms with E-state index in [4.69, 9.17) is 5.73 Å². The predicted octanol–water partition coefficient (Wildman–Crippen LogP) is 3.36. The number of rotatable bonds is 2. The monoisotopic (exact) mass is 331 g/mol. The van der Waals surface area contributed by atoms with Crippen molar-refractivity contribution in [1.82, 2.24) is 0 Å². The number of piperazine rings is 1. The number of nitrogens with two attached hydrogens (primary N) is 1. The second-order valence-corrected chi connectivity index (χ2v) is 5.93. The zero-order valence-corrected chi connectivity index (χ0v) is 12.9. The Morgan fingerprint density at radius 3 is 2.15 bits per heavy atom. The molecular weight excluding hydrogens is 314 g/mol. The molecule has 0 spiro atoms. The molecule has 3 rings (SSSR count). The highest BCUT2D eigenvalue weighted by atomic mass is 79.9. The normalized spacial score (nSPS) is 15.4. The van der Waals surface area contributed by atoms with Gasteiger partial charge >= 0.3 is 0 Å². The van der Waals surface area contributed by atoms with Gasteiger partial charge in [-0.25, -0.2) is 0 Å². The van der Waals surface area contributed by atoms with Gasteiger partial charge in [0.05, 0.1) is 11.4 Å². The minimum absolute atomic E-state index is 0.840. The molecule has 0 aromatic heterocycles. The number of halogens is 1. The number of para-hydroxylation sites is 1. The SMILES string of the molecule is Nc1cc(Br)ccc1N1CCN(c2ccccc2)CC1. The number of benzene rings is 2. The molecule has 104 valence electrons. The van der Waals surface area contributed by atoms with Crippen molar-refractivity contribution < 1.29 is 0 Å². The molecule has 1 heterocycles. The van der Waals surface area contributed by atoms with Crippen molar-refractivity contribution in [2.75, 3.05) is 41.7 Å². The van der Waals surface area contributed by atoms with Gasteiger partial charge in [0.25, 0.3) is 0 Å². The van der Waals surface area contributed by atoms with E-state index in [9.17, 15) is 0 Å². The standard InChI is InChI=1S/C16H18BrN3/c17-13-6-7-16(15(18)12-13)20-10-8-19(9-11-20)14-4-2-1-3-5-14/h1-7,12H,8-11,18H2. The van der Waals surface area contributed by atoms with Crippen LogP contribution in [0.5, 0.6) is 0 Å². The van der Waals surface area contributed by atoms with Crippen LogP contribution < -0.4 is 15.5 Å². The highest BCUT2D eigenvalue weighted by Crippen LogP contribution is 2.28. The van der Waals surface area contributed by atoms with Gasteiger partial charge in [0.1, 0.15) is 0 Å². The minimum atomic E-state index is 0.840. The average molecular weight is 332 g/mol. The zero-order valence-electron chi connectivity index (χ0n) is 11.3. The molecule has 2 aromatic rings. The fraction of sp³-hybridized carbons (Fsp3) is 0.250. The van der Waals surface area contributed by atoms with Crippen molar-refractivity contribution >= 4 is 33.0 Å². The third kappa shape index (κ3) is 2.75. The molecule has 0 saturated carbocycles. The fourth-order valence-electron chi connectivity index (χ4n) is 2.66. The van der Waals surface area contributed by atoms with Crippen LogP contribution in [-0.4, -0.2) is 26.2 Å². The Balaban J connectivity index is 1.69. The summed E-state index contributed by atoms with van der Waals surface area (Å²) >= 11 is 3.45. The largest absolute Gasteiger partial charge is 0.397 e. The van der Waals surface area contributed by atoms with E-state index < -0.39 is 0 Å². The lowest BCUT2D eigenvalue weighted by Gasteiger charge is -2.37. The zero-order chi connectivity index (χ0) is 13.9. The number of nitrogens with zero attached hydrogens (tertiary/aromatic N) is 2. The summed E-state index contributed by atoms with van der Waals surface area (Å²) in [7, 11) is 0. The van der Waals surface area contributed by atoms with Gasteiger partial charge in [0.15, 0.2) is 0 Å². The number of nitrogen functional groups attached to an aromatic ring is 1. The Kier molecular flexibility index (Phi) is 3.83. The van der Waals surface area contributed by atoms with Gasteiger partial charge in [0.2, 0.25) is 0 Å². The summed E-state index contributed by atoms with van der Waals surface area (Å²) in [6.07, 6.45) is 0. The summed E-state index contributed by atoms with van der Waals surface area (Å²) in [6, 6.07) is 16.7. The van der Waals surface area contributed by atoms with Crippen molar-refractivity contribution in [2.24, 2.45) is 0 Å². The first kappa shape index (κ1) is 13.3. The topological polar surface area (TPSA) is 32.5 Å². The lowest BCUT2D eigenvalue weighted by molar-refractivity contribution is 0.654. The van der Waals surface area contributed by atoms with Crippen LogP contribution in [0.25, 0.3) is 0 Å². The molecule has 0 aliphatic carbocycles. The maximum Gasteiger partial charge on any atom is 0.0601 e. The Hall–Kier alpha value is -1.68. The van der Waals surface area contributed by atoms with Crippen LogP contribution in [0.15, 0.2) is 53.0 Å². The van der Waals surface area contributed by atoms with Crippen LogP contribution in [0.4, 0.5) is 17.1 Å². The van der Waals surface area contributed by atoms with Crippen molar-refractivity contribution in [1.29, 1.82) is 0 Å². The summed E-state index contributed by atoms with van der Waals surface area (Å²) in [4.78, 5) is 4.78. The summed E-state index contributed by atoms with van der Waals surface area (Å²) < 4.78 is 1.03. The van der Waals surface area contributed by atoms with E-state index in [0.29, 0.717) is 0 Å². The molecule has 0 unspecified atom stereocenters. The quantitative estimate of drug-likeness (QED) is 0.856. The number of hydrogen-bond acceptors (Lipinski definition) is 3. The summed E-state index contributed by atoms with van der Waals surface area (Å²) in [5, 5.41) is 0. The maximum atomic E-state index is 6.11. The lowest BCUT2D eigenvalue weighted by Crippen LogP contribution is -2.46. The van der Waals surface area contributed by atoms with E-state index >= 15 is 0 Å². The first-order chi connectivity index (χ1) is 9.74. The molecule has 1 aliphatic rings. The van der Waals surface area contributed by atoms with Gasteiger partial charge in [-0.2, -0.15) is 0 Å². The molecule has 0 atom stereocenters. The first-order valence-electron chi connectivity index (χ1n) is 6.84. The summed E-state index contributed by atoms with van der Waals surface area (Å²) in [5.74, 6) is 0. The fourth-order valence-corrected chi connectivity index (χ4v) is 3.04. The molecule has 1 fully saturated rings. The Morgan fingerprint density at radius 1 is 0.850 bits per heavy atom. The first-order valence-corrected chi connectivity index (χ1v) is 7.63. The Labute approximate surface area is 128 Å². The molecule has 1 aliphatic heterocycles. The maximum absolute atomic E-state index is 6.11. The van der Waals surface area contributed by atoms with Crippen molar-refractivity contribution in [2.45, 2.75) is 0 Å². The van der Waals surface area contributed by atoms with Crippen LogP contribution >= 0.6 is 15.9 Å². The highest BCUT2D eigenvalue weighted by molar-refractivity contribution is 9.10. The third-order valence-electron chi connectivity index (χ3n) is 3.73. The second kappa shape index (κ2) is 5.75. The molecule has 4 heteroatoms. The van der Waals surface area contributed by atoms with E-state index in [1.54, 1.807) is 0 Å². The number of hydrogen-bond donors (Lipinski definition) is 1. The van der Waals surface area contributed by atoms with Crippen LogP contribution in [0.2, 0.25) is 0 Å². The smallest absolute Gasteiger partial charge is 0.0601 e. The van der Waals surface area contributed by atoms with Gasteiger partial charge in [0, 0.05) is 36.3 Å². The molecule has 20 heavy (non-hydrogen) atoms. The molecular formula is C16H18BrN3. The molecule has 2 N–H and O–H groups in total. The van der Waals surface area contributed by atoms with Crippen LogP contribution in [-0.2, 0) is 0 Å². The van der Waals surface area contributed by atoms with Crippen LogP contribution in [0.3, 0.4) is 0 Å². The summed E-state index contributed by atoms with van der Waals surface area (Å²) in [5.41, 5.74) is 9.39. The van der Waals surface area contributed by atoms with E-state index in [0.717, 1.165) is 42.0 Å². The van der Waals surface area contributed by atoms with E-state index in [1.165, 1.54) is 5.69 Å². The van der Waals surface area contributed by atoms with Crippen LogP contribution in [0, 0.1) is 0 Å². The van der Waals surface area contributed by atoms with Gasteiger partial charge in [-0.1, -0.05) is 34.1 Å². The molecule has 3 nitrogen and oxygen atoms in total. The van der Waals surface area contributed by atoms with Gasteiger partial charge in [-0.05, 0) is 30.3 Å². The van der Waals surface area contributed by atoms with Crippen molar-refractivity contribution in [3.8, 4) is 0 Å². The van der Waals surface area contributed by atoms with Crippen molar-refractivity contribution in [3.63, 3.8) is 0 Å². The molecule has 1 saturated heterocycles. The Morgan fingerprint density at radius 2 is 1.50 bits per heavy atom. The predicted molar refractivity (Wildman–Crippen MR) is 89.4 cm³/mol. The molecule has 0 amide bonds. The highest BCUT2D eigenvalue weighted by Gasteiger charge is 2.18. The Bertz CT molecular complexity index is 578. The second-order valence-electron chi connectivity index (χ2n) is 5.01. The average Bonchev–Trinajstić information content (AvgIpc) is 2.48. The summed E-state index contributed by atoms with van der Waals surface area (Å²) in [6.45, 7) is 4.06. The minimum Gasteiger partial charge on any atom is -0.397 e. The van der Waals surface area contributed by atoms with Gasteiger partial charge in [-0.3, -0.25) is 0 Å².